The highest BCUT2D eigenvalue weighted by atomic mass is 79.9. The number of fused-ring (bicyclic) bond motifs is 2. The molecule has 1 aliphatic rings. The van der Waals surface area contributed by atoms with Crippen LogP contribution in [0.4, 0.5) is 5.69 Å². The van der Waals surface area contributed by atoms with Gasteiger partial charge in [0, 0.05) is 15.7 Å². The number of carbonyl (C=O) groups excluding carboxylic acids is 2. The van der Waals surface area contributed by atoms with E-state index in [9.17, 15) is 14.4 Å². The van der Waals surface area contributed by atoms with Gasteiger partial charge in [0.05, 0.1) is 23.6 Å². The number of unbranched alkanes of at least 4 members (excludes halogenated alkanes) is 2. The summed E-state index contributed by atoms with van der Waals surface area (Å²) in [5.41, 5.74) is 2.21. The van der Waals surface area contributed by atoms with Crippen molar-refractivity contribution in [3.63, 3.8) is 0 Å². The molecule has 6 nitrogen and oxygen atoms in total. The normalized spacial score (nSPS) is 14.7. The van der Waals surface area contributed by atoms with Gasteiger partial charge >= 0.3 is 0 Å². The monoisotopic (exact) mass is 559 g/mol. The Bertz CT molecular complexity index is 1560. The average molecular weight is 560 g/mol. The molecule has 0 aliphatic carbocycles. The molecule has 0 spiro atoms. The Morgan fingerprint density at radius 1 is 1.03 bits per heavy atom. The van der Waals surface area contributed by atoms with Gasteiger partial charge in [0.2, 0.25) is 5.76 Å². The average Bonchev–Trinajstić information content (AvgIpc) is 3.19. The lowest BCUT2D eigenvalue weighted by atomic mass is 9.98. The van der Waals surface area contributed by atoms with Crippen molar-refractivity contribution >= 4 is 44.3 Å². The fraction of sp³-hybridized carbons (Fsp3) is 0.233. The minimum atomic E-state index is -0.718. The van der Waals surface area contributed by atoms with E-state index in [4.69, 9.17) is 9.15 Å². The predicted molar refractivity (Wildman–Crippen MR) is 147 cm³/mol. The van der Waals surface area contributed by atoms with Crippen molar-refractivity contribution in [3.05, 3.63) is 104 Å². The van der Waals surface area contributed by atoms with Gasteiger partial charge in [0.1, 0.15) is 11.3 Å². The van der Waals surface area contributed by atoms with Gasteiger partial charge in [-0.25, -0.2) is 0 Å². The van der Waals surface area contributed by atoms with Crippen molar-refractivity contribution in [3.8, 4) is 5.75 Å². The molecule has 3 aromatic carbocycles. The molecule has 7 heteroatoms. The molecule has 1 unspecified atom stereocenters. The van der Waals surface area contributed by atoms with E-state index in [1.807, 2.05) is 24.3 Å². The molecule has 1 aliphatic heterocycles. The highest BCUT2D eigenvalue weighted by Gasteiger charge is 2.43. The molecule has 0 fully saturated rings. The number of ketones is 1. The van der Waals surface area contributed by atoms with E-state index in [1.54, 1.807) is 47.4 Å². The Morgan fingerprint density at radius 2 is 1.81 bits per heavy atom. The van der Waals surface area contributed by atoms with Gasteiger partial charge in [-0.3, -0.25) is 19.3 Å². The van der Waals surface area contributed by atoms with E-state index < -0.39 is 11.9 Å². The van der Waals surface area contributed by atoms with Crippen molar-refractivity contribution in [2.75, 3.05) is 11.5 Å². The maximum atomic E-state index is 13.8. The molecule has 0 bridgehead atoms. The molecule has 188 valence electrons. The Morgan fingerprint density at radius 3 is 2.54 bits per heavy atom. The summed E-state index contributed by atoms with van der Waals surface area (Å²) in [6.45, 7) is 4.22. The second kappa shape index (κ2) is 10.3. The van der Waals surface area contributed by atoms with Crippen molar-refractivity contribution < 1.29 is 18.7 Å². The minimum Gasteiger partial charge on any atom is -0.494 e. The van der Waals surface area contributed by atoms with E-state index in [2.05, 4.69) is 22.9 Å². The zero-order chi connectivity index (χ0) is 26.1. The van der Waals surface area contributed by atoms with Gasteiger partial charge in [0.15, 0.2) is 11.2 Å². The summed E-state index contributed by atoms with van der Waals surface area (Å²) in [6, 6.07) is 18.7. The second-order valence-corrected chi connectivity index (χ2v) is 10.0. The first kappa shape index (κ1) is 25.0. The third kappa shape index (κ3) is 4.71. The van der Waals surface area contributed by atoms with E-state index in [0.29, 0.717) is 34.6 Å². The number of anilines is 1. The fourth-order valence-electron chi connectivity index (χ4n) is 4.70. The van der Waals surface area contributed by atoms with Gasteiger partial charge in [-0.15, -0.1) is 0 Å². The predicted octanol–water partition coefficient (Wildman–Crippen LogP) is 7.08. The number of benzene rings is 3. The number of nitrogens with zero attached hydrogens (tertiary/aromatic N) is 1. The Labute approximate surface area is 223 Å². The highest BCUT2D eigenvalue weighted by Crippen LogP contribution is 2.42. The molecule has 0 radical (unpaired) electrons. The minimum absolute atomic E-state index is 0.0229. The van der Waals surface area contributed by atoms with Crippen LogP contribution in [0.3, 0.4) is 0 Å². The van der Waals surface area contributed by atoms with Crippen LogP contribution in [0.25, 0.3) is 11.0 Å². The topological polar surface area (TPSA) is 76.8 Å². The van der Waals surface area contributed by atoms with E-state index in [1.165, 1.54) is 6.92 Å². The lowest BCUT2D eigenvalue weighted by molar-refractivity contribution is 0.0970. The van der Waals surface area contributed by atoms with Crippen LogP contribution >= 0.6 is 15.9 Å². The summed E-state index contributed by atoms with van der Waals surface area (Å²) in [5, 5.41) is 0.395. The maximum absolute atomic E-state index is 13.8. The molecule has 4 aromatic rings. The molecular formula is C30H26BrNO5. The third-order valence-corrected chi connectivity index (χ3v) is 7.07. The molecule has 2 heterocycles. The lowest BCUT2D eigenvalue weighted by Gasteiger charge is -2.25. The standard InChI is InChI=1S/C30H26BrNO5/c1-3-4-5-15-36-23-8-6-7-20(16-23)27-26-28(34)24-17-21(31)11-14-25(24)37-29(26)30(35)32(27)22-12-9-19(10-13-22)18(2)33/h6-14,16-17,27H,3-5,15H2,1-2H3. The molecule has 0 saturated heterocycles. The molecular weight excluding hydrogens is 534 g/mol. The lowest BCUT2D eigenvalue weighted by Crippen LogP contribution is -2.29. The maximum Gasteiger partial charge on any atom is 0.295 e. The first-order valence-electron chi connectivity index (χ1n) is 12.3. The van der Waals surface area contributed by atoms with Gasteiger partial charge in [-0.1, -0.05) is 47.8 Å². The first-order valence-corrected chi connectivity index (χ1v) is 13.1. The van der Waals surface area contributed by atoms with Crippen LogP contribution in [0.5, 0.6) is 5.75 Å². The van der Waals surface area contributed by atoms with E-state index in [0.717, 1.165) is 29.3 Å². The number of hydrogen-bond acceptors (Lipinski definition) is 5. The summed E-state index contributed by atoms with van der Waals surface area (Å²) >= 11 is 3.43. The van der Waals surface area contributed by atoms with Crippen LogP contribution in [-0.2, 0) is 0 Å². The van der Waals surface area contributed by atoms with Crippen LogP contribution in [0, 0.1) is 0 Å². The van der Waals surface area contributed by atoms with Gasteiger partial charge in [-0.05, 0) is 73.5 Å². The number of halogens is 1. The van der Waals surface area contributed by atoms with Gasteiger partial charge < -0.3 is 9.15 Å². The summed E-state index contributed by atoms with van der Waals surface area (Å²) in [4.78, 5) is 41.0. The zero-order valence-electron chi connectivity index (χ0n) is 20.6. The molecule has 1 amide bonds. The molecule has 5 rings (SSSR count). The van der Waals surface area contributed by atoms with Crippen molar-refractivity contribution in [2.24, 2.45) is 0 Å². The largest absolute Gasteiger partial charge is 0.494 e. The number of Topliss-reactive ketones (excluding diaryl/α,β-unsaturated/α-hetero) is 1. The van der Waals surface area contributed by atoms with Crippen molar-refractivity contribution in [1.29, 1.82) is 0 Å². The summed E-state index contributed by atoms with van der Waals surface area (Å²) in [7, 11) is 0. The number of hydrogen-bond donors (Lipinski definition) is 0. The SMILES string of the molecule is CCCCCOc1cccc(C2c3c(oc4ccc(Br)cc4c3=O)C(=O)N2c2ccc(C(C)=O)cc2)c1. The first-order chi connectivity index (χ1) is 17.9. The molecule has 0 saturated carbocycles. The van der Waals surface area contributed by atoms with Gasteiger partial charge in [0.25, 0.3) is 5.91 Å². The van der Waals surface area contributed by atoms with Crippen LogP contribution in [-0.4, -0.2) is 18.3 Å². The number of rotatable bonds is 8. The van der Waals surface area contributed by atoms with Crippen LogP contribution in [0.1, 0.15) is 71.2 Å². The quantitative estimate of drug-likeness (QED) is 0.170. The Balaban J connectivity index is 1.66. The number of carbonyl (C=O) groups is 2. The second-order valence-electron chi connectivity index (χ2n) is 9.12. The smallest absolute Gasteiger partial charge is 0.295 e. The van der Waals surface area contributed by atoms with Crippen LogP contribution < -0.4 is 15.1 Å². The fourth-order valence-corrected chi connectivity index (χ4v) is 5.06. The van der Waals surface area contributed by atoms with Gasteiger partial charge in [-0.2, -0.15) is 0 Å². The molecule has 37 heavy (non-hydrogen) atoms. The number of amides is 1. The van der Waals surface area contributed by atoms with Crippen molar-refractivity contribution in [2.45, 2.75) is 39.2 Å². The van der Waals surface area contributed by atoms with E-state index in [-0.39, 0.29) is 22.5 Å². The van der Waals surface area contributed by atoms with Crippen LogP contribution in [0.15, 0.2) is 80.4 Å². The molecule has 0 N–H and O–H groups in total. The summed E-state index contributed by atoms with van der Waals surface area (Å²) < 4.78 is 12.8. The Kier molecular flexibility index (Phi) is 6.98. The number of ether oxygens (including phenoxy) is 1. The molecule has 1 aromatic heterocycles. The van der Waals surface area contributed by atoms with E-state index >= 15 is 0 Å². The van der Waals surface area contributed by atoms with Crippen LogP contribution in [0.2, 0.25) is 0 Å². The van der Waals surface area contributed by atoms with Crippen molar-refractivity contribution in [1.82, 2.24) is 0 Å². The highest BCUT2D eigenvalue weighted by molar-refractivity contribution is 9.10. The summed E-state index contributed by atoms with van der Waals surface area (Å²) in [5.74, 6) is 0.219. The molecule has 1 atom stereocenters. The summed E-state index contributed by atoms with van der Waals surface area (Å²) in [6.07, 6.45) is 3.13. The third-order valence-electron chi connectivity index (χ3n) is 6.57. The zero-order valence-corrected chi connectivity index (χ0v) is 22.2. The Hall–Kier alpha value is -3.71.